The fourth-order valence-corrected chi connectivity index (χ4v) is 3.81. The number of ether oxygens (including phenoxy) is 1. The topological polar surface area (TPSA) is 95.9 Å². The molecule has 0 radical (unpaired) electrons. The van der Waals surface area contributed by atoms with E-state index in [0.29, 0.717) is 31.1 Å². The van der Waals surface area contributed by atoms with Crippen LogP contribution in [-0.2, 0) is 19.1 Å². The number of thioether (sulfide) groups is 1. The van der Waals surface area contributed by atoms with Crippen molar-refractivity contribution in [1.82, 2.24) is 10.2 Å². The number of carboxylic acid groups (broad SMARTS) is 1. The van der Waals surface area contributed by atoms with Gasteiger partial charge in [-0.3, -0.25) is 14.4 Å². The van der Waals surface area contributed by atoms with E-state index in [0.717, 1.165) is 0 Å². The molecule has 0 spiro atoms. The second-order valence-electron chi connectivity index (χ2n) is 5.38. The zero-order chi connectivity index (χ0) is 15.5. The summed E-state index contributed by atoms with van der Waals surface area (Å²) in [7, 11) is 0. The maximum absolute atomic E-state index is 12.5. The van der Waals surface area contributed by atoms with Crippen molar-refractivity contribution in [2.75, 3.05) is 24.8 Å². The normalized spacial score (nSPS) is 28.6. The molecule has 2 fully saturated rings. The highest BCUT2D eigenvalue weighted by molar-refractivity contribution is 7.99. The average Bonchev–Trinajstić information content (AvgIpc) is 3.06. The lowest BCUT2D eigenvalue weighted by atomic mass is 9.94. The van der Waals surface area contributed by atoms with Crippen molar-refractivity contribution < 1.29 is 24.2 Å². The Labute approximate surface area is 127 Å². The summed E-state index contributed by atoms with van der Waals surface area (Å²) in [6, 6.07) is -0.520. The van der Waals surface area contributed by atoms with Crippen LogP contribution >= 0.6 is 11.8 Å². The van der Waals surface area contributed by atoms with Crippen molar-refractivity contribution in [3.8, 4) is 0 Å². The number of carboxylic acids is 1. The monoisotopic (exact) mass is 316 g/mol. The minimum absolute atomic E-state index is 0.0601. The summed E-state index contributed by atoms with van der Waals surface area (Å²) in [6.07, 6.45) is 0.667. The molecule has 2 amide bonds. The van der Waals surface area contributed by atoms with E-state index in [1.165, 1.54) is 11.8 Å². The molecule has 2 unspecified atom stereocenters. The van der Waals surface area contributed by atoms with Gasteiger partial charge in [0.1, 0.15) is 6.04 Å². The molecule has 2 aliphatic rings. The molecule has 2 aliphatic heterocycles. The molecule has 2 saturated heterocycles. The van der Waals surface area contributed by atoms with E-state index in [1.54, 1.807) is 11.8 Å². The van der Waals surface area contributed by atoms with Crippen LogP contribution in [-0.4, -0.2) is 64.2 Å². The van der Waals surface area contributed by atoms with Gasteiger partial charge in [0.25, 0.3) is 0 Å². The summed E-state index contributed by atoms with van der Waals surface area (Å²) in [6.45, 7) is 2.40. The van der Waals surface area contributed by atoms with Crippen LogP contribution in [0.3, 0.4) is 0 Å². The number of hydrogen-bond acceptors (Lipinski definition) is 5. The first-order valence-corrected chi connectivity index (χ1v) is 8.12. The van der Waals surface area contributed by atoms with E-state index < -0.39 is 17.6 Å². The molecule has 2 rings (SSSR count). The molecular weight excluding hydrogens is 296 g/mol. The molecular formula is C13H20N2O5S. The molecule has 118 valence electrons. The summed E-state index contributed by atoms with van der Waals surface area (Å²) in [5.41, 5.74) is -0.850. The molecule has 0 saturated carbocycles. The number of hydrogen-bond donors (Lipinski definition) is 2. The lowest BCUT2D eigenvalue weighted by molar-refractivity contribution is -0.141. The van der Waals surface area contributed by atoms with Crippen molar-refractivity contribution in [3.63, 3.8) is 0 Å². The summed E-state index contributed by atoms with van der Waals surface area (Å²) >= 11 is 1.53. The van der Waals surface area contributed by atoms with E-state index in [9.17, 15) is 14.4 Å². The molecule has 0 aromatic carbocycles. The van der Waals surface area contributed by atoms with Crippen molar-refractivity contribution in [3.05, 3.63) is 0 Å². The molecule has 2 atom stereocenters. The third kappa shape index (κ3) is 3.68. The van der Waals surface area contributed by atoms with E-state index in [1.807, 2.05) is 0 Å². The van der Waals surface area contributed by atoms with Gasteiger partial charge in [-0.2, -0.15) is 0 Å². The standard InChI is InChI=1S/C13H20N2O5S/c1-2-10(16)15-8-21-6-9(15)12(19)14-13(5-11(17)18)3-4-20-7-13/h9H,2-8H2,1H3,(H,14,19)(H,17,18). The summed E-state index contributed by atoms with van der Waals surface area (Å²) in [5, 5.41) is 11.8. The zero-order valence-electron chi connectivity index (χ0n) is 12.0. The maximum atomic E-state index is 12.5. The van der Waals surface area contributed by atoms with Gasteiger partial charge in [-0.1, -0.05) is 6.92 Å². The second-order valence-corrected chi connectivity index (χ2v) is 6.38. The molecule has 0 aromatic rings. The Hall–Kier alpha value is -1.28. The molecule has 7 nitrogen and oxygen atoms in total. The van der Waals surface area contributed by atoms with Gasteiger partial charge in [-0.05, 0) is 6.42 Å². The van der Waals surface area contributed by atoms with Gasteiger partial charge in [0.05, 0.1) is 24.4 Å². The van der Waals surface area contributed by atoms with Gasteiger partial charge in [0.15, 0.2) is 0 Å². The third-order valence-corrected chi connectivity index (χ3v) is 4.80. The van der Waals surface area contributed by atoms with Gasteiger partial charge in [-0.25, -0.2) is 0 Å². The third-order valence-electron chi connectivity index (χ3n) is 3.79. The van der Waals surface area contributed by atoms with Crippen molar-refractivity contribution >= 4 is 29.5 Å². The molecule has 0 aromatic heterocycles. The number of rotatable bonds is 5. The predicted octanol–water partition coefficient (Wildman–Crippen LogP) is 0.0479. The Morgan fingerprint density at radius 3 is 2.81 bits per heavy atom. The molecule has 8 heteroatoms. The number of amides is 2. The number of carbonyl (C=O) groups excluding carboxylic acids is 2. The highest BCUT2D eigenvalue weighted by Crippen LogP contribution is 2.26. The maximum Gasteiger partial charge on any atom is 0.305 e. The van der Waals surface area contributed by atoms with Crippen LogP contribution < -0.4 is 5.32 Å². The minimum atomic E-state index is -0.969. The molecule has 0 aliphatic carbocycles. The molecule has 21 heavy (non-hydrogen) atoms. The van der Waals surface area contributed by atoms with Crippen LogP contribution in [0.25, 0.3) is 0 Å². The van der Waals surface area contributed by atoms with Crippen molar-refractivity contribution in [1.29, 1.82) is 0 Å². The van der Waals surface area contributed by atoms with E-state index >= 15 is 0 Å². The van der Waals surface area contributed by atoms with E-state index in [-0.39, 0.29) is 24.8 Å². The Kier molecular flexibility index (Phi) is 5.10. The smallest absolute Gasteiger partial charge is 0.305 e. The lowest BCUT2D eigenvalue weighted by Gasteiger charge is -2.30. The highest BCUT2D eigenvalue weighted by Gasteiger charge is 2.42. The first kappa shape index (κ1) is 16.1. The van der Waals surface area contributed by atoms with Gasteiger partial charge >= 0.3 is 5.97 Å². The number of nitrogens with one attached hydrogen (secondary N) is 1. The largest absolute Gasteiger partial charge is 0.481 e. The first-order valence-electron chi connectivity index (χ1n) is 6.96. The summed E-state index contributed by atoms with van der Waals surface area (Å²) in [4.78, 5) is 36.9. The Balaban J connectivity index is 2.05. The predicted molar refractivity (Wildman–Crippen MR) is 76.8 cm³/mol. The summed E-state index contributed by atoms with van der Waals surface area (Å²) in [5.74, 6) is -0.263. The Morgan fingerprint density at radius 1 is 1.48 bits per heavy atom. The molecule has 2 heterocycles. The number of aliphatic carboxylic acids is 1. The van der Waals surface area contributed by atoms with Crippen LogP contribution in [0.5, 0.6) is 0 Å². The van der Waals surface area contributed by atoms with Crippen LogP contribution in [0.2, 0.25) is 0 Å². The van der Waals surface area contributed by atoms with Crippen molar-refractivity contribution in [2.24, 2.45) is 0 Å². The molecule has 2 N–H and O–H groups in total. The number of nitrogens with zero attached hydrogens (tertiary/aromatic N) is 1. The van der Waals surface area contributed by atoms with Crippen LogP contribution in [0.4, 0.5) is 0 Å². The van der Waals surface area contributed by atoms with Crippen LogP contribution in [0.15, 0.2) is 0 Å². The van der Waals surface area contributed by atoms with Gasteiger partial charge in [0.2, 0.25) is 11.8 Å². The highest BCUT2D eigenvalue weighted by atomic mass is 32.2. The van der Waals surface area contributed by atoms with E-state index in [2.05, 4.69) is 5.32 Å². The van der Waals surface area contributed by atoms with Crippen molar-refractivity contribution in [2.45, 2.75) is 37.8 Å². The Morgan fingerprint density at radius 2 is 2.24 bits per heavy atom. The SMILES string of the molecule is CCC(=O)N1CSCC1C(=O)NC1(CC(=O)O)CCOC1. The fourth-order valence-electron chi connectivity index (χ4n) is 2.63. The van der Waals surface area contributed by atoms with Gasteiger partial charge in [-0.15, -0.1) is 11.8 Å². The second kappa shape index (κ2) is 6.65. The number of carbonyl (C=O) groups is 3. The minimum Gasteiger partial charge on any atom is -0.481 e. The van der Waals surface area contributed by atoms with E-state index in [4.69, 9.17) is 9.84 Å². The van der Waals surface area contributed by atoms with Gasteiger partial charge in [0, 0.05) is 18.8 Å². The average molecular weight is 316 g/mol. The first-order chi connectivity index (χ1) is 9.97. The quantitative estimate of drug-likeness (QED) is 0.744. The summed E-state index contributed by atoms with van der Waals surface area (Å²) < 4.78 is 5.26. The van der Waals surface area contributed by atoms with Gasteiger partial charge < -0.3 is 20.1 Å². The Bertz CT molecular complexity index is 436. The fraction of sp³-hybridized carbons (Fsp3) is 0.769. The molecule has 0 bridgehead atoms. The van der Waals surface area contributed by atoms with Crippen LogP contribution in [0.1, 0.15) is 26.2 Å². The lowest BCUT2D eigenvalue weighted by Crippen LogP contribution is -2.56. The van der Waals surface area contributed by atoms with Crippen LogP contribution in [0, 0.1) is 0 Å². The zero-order valence-corrected chi connectivity index (χ0v) is 12.8.